The van der Waals surface area contributed by atoms with E-state index in [1.807, 2.05) is 6.20 Å². The van der Waals surface area contributed by atoms with Gasteiger partial charge in [-0.2, -0.15) is 0 Å². The van der Waals surface area contributed by atoms with E-state index in [0.29, 0.717) is 4.83 Å². The molecule has 0 radical (unpaired) electrons. The topological polar surface area (TPSA) is 41.3 Å². The normalized spacial score (nSPS) is 31.2. The van der Waals surface area contributed by atoms with E-state index in [4.69, 9.17) is 5.73 Å². The molecule has 0 bridgehead atoms. The van der Waals surface area contributed by atoms with E-state index >= 15 is 0 Å². The van der Waals surface area contributed by atoms with E-state index in [9.17, 15) is 0 Å². The third-order valence-corrected chi connectivity index (χ3v) is 3.26. The molecule has 0 fully saturated rings. The second-order valence-electron chi connectivity index (χ2n) is 3.93. The molecular formula is C11H16BrN3. The summed E-state index contributed by atoms with van der Waals surface area (Å²) in [5.41, 5.74) is 9.46. The minimum atomic E-state index is 0.359. The number of halogens is 1. The van der Waals surface area contributed by atoms with Crippen LogP contribution >= 0.6 is 15.9 Å². The van der Waals surface area contributed by atoms with Crippen molar-refractivity contribution in [3.05, 3.63) is 35.3 Å². The maximum atomic E-state index is 6.07. The summed E-state index contributed by atoms with van der Waals surface area (Å²) in [5.74, 6) is 0. The van der Waals surface area contributed by atoms with Gasteiger partial charge in [0.05, 0.1) is 16.2 Å². The molecular weight excluding hydrogens is 254 g/mol. The van der Waals surface area contributed by atoms with Crippen LogP contribution in [0.15, 0.2) is 35.3 Å². The number of nitrogens with one attached hydrogen (secondary N) is 1. The van der Waals surface area contributed by atoms with Crippen LogP contribution in [0.4, 0.5) is 0 Å². The molecule has 2 aliphatic rings. The Morgan fingerprint density at radius 2 is 2.40 bits per heavy atom. The highest BCUT2D eigenvalue weighted by molar-refractivity contribution is 9.09. The van der Waals surface area contributed by atoms with E-state index in [1.165, 1.54) is 11.3 Å². The number of allylic oxidation sites excluding steroid dienone is 1. The van der Waals surface area contributed by atoms with Crippen LogP contribution in [0, 0.1) is 0 Å². The Bertz CT molecular complexity index is 344. The molecule has 2 heterocycles. The second kappa shape index (κ2) is 4.31. The molecule has 0 aliphatic carbocycles. The van der Waals surface area contributed by atoms with Gasteiger partial charge < -0.3 is 16.0 Å². The number of hydrogen-bond donors (Lipinski definition) is 2. The van der Waals surface area contributed by atoms with Crippen molar-refractivity contribution in [1.29, 1.82) is 0 Å². The molecule has 0 aromatic heterocycles. The molecule has 1 unspecified atom stereocenters. The fourth-order valence-electron chi connectivity index (χ4n) is 2.06. The van der Waals surface area contributed by atoms with E-state index in [-0.39, 0.29) is 0 Å². The molecule has 2 aliphatic heterocycles. The first-order chi connectivity index (χ1) is 7.18. The Kier molecular flexibility index (Phi) is 3.05. The van der Waals surface area contributed by atoms with Crippen molar-refractivity contribution in [3.63, 3.8) is 0 Å². The maximum absolute atomic E-state index is 6.07. The predicted octanol–water partition coefficient (Wildman–Crippen LogP) is 1.30. The van der Waals surface area contributed by atoms with Gasteiger partial charge in [-0.1, -0.05) is 15.9 Å². The number of alkyl halides is 1. The van der Waals surface area contributed by atoms with Crippen LogP contribution in [0.1, 0.15) is 6.42 Å². The van der Waals surface area contributed by atoms with Gasteiger partial charge in [-0.15, -0.1) is 0 Å². The van der Waals surface area contributed by atoms with Crippen molar-refractivity contribution in [1.82, 2.24) is 10.2 Å². The van der Waals surface area contributed by atoms with E-state index < -0.39 is 0 Å². The van der Waals surface area contributed by atoms with Gasteiger partial charge in [0.15, 0.2) is 0 Å². The Morgan fingerprint density at radius 3 is 3.00 bits per heavy atom. The zero-order chi connectivity index (χ0) is 10.8. The fraction of sp³-hybridized carbons (Fsp3) is 0.455. The summed E-state index contributed by atoms with van der Waals surface area (Å²) in [6, 6.07) is 0. The molecule has 1 atom stereocenters. The van der Waals surface area contributed by atoms with Gasteiger partial charge in [-0.05, 0) is 30.3 Å². The van der Waals surface area contributed by atoms with Crippen molar-refractivity contribution in [3.8, 4) is 0 Å². The zero-order valence-electron chi connectivity index (χ0n) is 8.83. The average molecular weight is 270 g/mol. The number of rotatable bonds is 0. The molecule has 3 nitrogen and oxygen atoms in total. The number of hydrogen-bond acceptors (Lipinski definition) is 3. The summed E-state index contributed by atoms with van der Waals surface area (Å²) in [6.07, 6.45) is 7.23. The quantitative estimate of drug-likeness (QED) is 0.652. The van der Waals surface area contributed by atoms with E-state index in [2.05, 4.69) is 45.3 Å². The van der Waals surface area contributed by atoms with Crippen molar-refractivity contribution in [2.24, 2.45) is 5.73 Å². The highest BCUT2D eigenvalue weighted by atomic mass is 79.9. The molecule has 82 valence electrons. The van der Waals surface area contributed by atoms with Crippen LogP contribution in [0.5, 0.6) is 0 Å². The summed E-state index contributed by atoms with van der Waals surface area (Å²) >= 11 is 3.57. The molecule has 0 amide bonds. The largest absolute Gasteiger partial charge is 0.397 e. The summed E-state index contributed by atoms with van der Waals surface area (Å²) < 4.78 is 0. The lowest BCUT2D eigenvalue weighted by molar-refractivity contribution is 0.418. The highest BCUT2D eigenvalue weighted by Crippen LogP contribution is 2.26. The van der Waals surface area contributed by atoms with Crippen LogP contribution in [0.25, 0.3) is 0 Å². The third-order valence-electron chi connectivity index (χ3n) is 2.71. The second-order valence-corrected chi connectivity index (χ2v) is 5.11. The van der Waals surface area contributed by atoms with Gasteiger partial charge in [0.2, 0.25) is 0 Å². The van der Waals surface area contributed by atoms with Gasteiger partial charge in [-0.3, -0.25) is 0 Å². The van der Waals surface area contributed by atoms with Crippen molar-refractivity contribution >= 4 is 15.9 Å². The average Bonchev–Trinajstić information content (AvgIpc) is 2.17. The van der Waals surface area contributed by atoms with Gasteiger partial charge in [-0.25, -0.2) is 0 Å². The van der Waals surface area contributed by atoms with Crippen LogP contribution in [0.2, 0.25) is 0 Å². The Hall–Kier alpha value is -0.900. The minimum Gasteiger partial charge on any atom is -0.397 e. The number of nitrogens with zero attached hydrogens (tertiary/aromatic N) is 1. The first kappa shape index (κ1) is 10.6. The van der Waals surface area contributed by atoms with Gasteiger partial charge in [0.25, 0.3) is 0 Å². The predicted molar refractivity (Wildman–Crippen MR) is 66.4 cm³/mol. The molecule has 2 rings (SSSR count). The summed E-state index contributed by atoms with van der Waals surface area (Å²) in [6.45, 7) is 1.97. The zero-order valence-corrected chi connectivity index (χ0v) is 10.4. The Balaban J connectivity index is 2.38. The lowest BCUT2D eigenvalue weighted by atomic mass is 10.0. The Labute approximate surface area is 98.8 Å². The highest BCUT2D eigenvalue weighted by Gasteiger charge is 2.21. The van der Waals surface area contributed by atoms with Crippen molar-refractivity contribution in [2.75, 3.05) is 20.1 Å². The summed E-state index contributed by atoms with van der Waals surface area (Å²) in [7, 11) is 2.09. The first-order valence-electron chi connectivity index (χ1n) is 5.14. The van der Waals surface area contributed by atoms with Gasteiger partial charge in [0, 0.05) is 20.1 Å². The van der Waals surface area contributed by atoms with Gasteiger partial charge in [0.1, 0.15) is 0 Å². The molecule has 0 aromatic rings. The maximum Gasteiger partial charge on any atom is 0.0628 e. The van der Waals surface area contributed by atoms with Crippen LogP contribution in [-0.4, -0.2) is 29.9 Å². The fourth-order valence-corrected chi connectivity index (χ4v) is 2.78. The molecule has 0 saturated heterocycles. The van der Waals surface area contributed by atoms with E-state index in [0.717, 1.165) is 25.2 Å². The third kappa shape index (κ3) is 2.20. The Morgan fingerprint density at radius 1 is 1.60 bits per heavy atom. The van der Waals surface area contributed by atoms with Crippen molar-refractivity contribution in [2.45, 2.75) is 11.2 Å². The van der Waals surface area contributed by atoms with Crippen LogP contribution < -0.4 is 11.1 Å². The first-order valence-corrected chi connectivity index (χ1v) is 6.06. The van der Waals surface area contributed by atoms with Gasteiger partial charge >= 0.3 is 0 Å². The summed E-state index contributed by atoms with van der Waals surface area (Å²) in [5, 5.41) is 3.19. The molecule has 0 saturated carbocycles. The molecule has 4 heteroatoms. The molecule has 15 heavy (non-hydrogen) atoms. The number of nitrogens with two attached hydrogens (primary N) is 1. The van der Waals surface area contributed by atoms with Crippen LogP contribution in [0.3, 0.4) is 0 Å². The summed E-state index contributed by atoms with van der Waals surface area (Å²) in [4.78, 5) is 2.58. The number of likely N-dealkylation sites (N-methyl/N-ethyl adjacent to an activating group) is 1. The molecule has 3 N–H and O–H groups in total. The van der Waals surface area contributed by atoms with Crippen LogP contribution in [-0.2, 0) is 0 Å². The van der Waals surface area contributed by atoms with E-state index in [1.54, 1.807) is 0 Å². The smallest absolute Gasteiger partial charge is 0.0628 e. The minimum absolute atomic E-state index is 0.359. The SMILES string of the molecule is CN1CC(Br)C=C(N)C1=C1C=CNCC1. The standard InChI is InChI=1S/C11H16BrN3/c1-15-7-9(12)6-10(13)11(15)8-2-4-14-5-3-8/h2,4,6,9,14H,3,5,7,13H2,1H3. The lowest BCUT2D eigenvalue weighted by Gasteiger charge is -2.32. The van der Waals surface area contributed by atoms with Crippen molar-refractivity contribution < 1.29 is 0 Å². The molecule has 0 spiro atoms. The monoisotopic (exact) mass is 269 g/mol. The lowest BCUT2D eigenvalue weighted by Crippen LogP contribution is -2.34. The molecule has 0 aromatic carbocycles.